The zero-order chi connectivity index (χ0) is 20.5. The topological polar surface area (TPSA) is 42.3 Å². The van der Waals surface area contributed by atoms with Gasteiger partial charge in [-0.05, 0) is 81.0 Å². The number of rotatable bonds is 5. The highest BCUT2D eigenvalue weighted by molar-refractivity contribution is 7.80. The number of thiocarbonyl (C=S) groups is 1. The highest BCUT2D eigenvalue weighted by atomic mass is 32.1. The number of ether oxygens (including phenoxy) is 1. The number of hydrogen-bond acceptors (Lipinski definition) is 3. The van der Waals surface area contributed by atoms with Crippen molar-refractivity contribution in [3.8, 4) is 5.75 Å². The van der Waals surface area contributed by atoms with E-state index in [1.807, 2.05) is 30.5 Å². The van der Waals surface area contributed by atoms with Gasteiger partial charge in [-0.3, -0.25) is 4.98 Å². The number of pyridine rings is 1. The largest absolute Gasteiger partial charge is 0.497 e. The van der Waals surface area contributed by atoms with E-state index in [4.69, 9.17) is 17.0 Å². The van der Waals surface area contributed by atoms with E-state index in [9.17, 15) is 0 Å². The molecule has 0 spiro atoms. The molecule has 29 heavy (non-hydrogen) atoms. The van der Waals surface area contributed by atoms with Crippen LogP contribution in [0.5, 0.6) is 5.75 Å². The van der Waals surface area contributed by atoms with E-state index in [1.165, 1.54) is 17.0 Å². The first kappa shape index (κ1) is 19.5. The van der Waals surface area contributed by atoms with Gasteiger partial charge in [0, 0.05) is 29.8 Å². The molecule has 0 radical (unpaired) electrons. The average Bonchev–Trinajstić information content (AvgIpc) is 3.24. The Kier molecular flexibility index (Phi) is 5.28. The maximum Gasteiger partial charge on any atom is 0.174 e. The molecule has 1 saturated heterocycles. The third-order valence-electron chi connectivity index (χ3n) is 5.70. The standard InChI is InChI=1S/C23H26N4OS/c1-5-26-15(2)14-19(16(26)3)22-21(20-8-6-7-13-24-20)25-23(29)27(22)17-9-11-18(28-4)12-10-17/h6-14,21-22H,5H2,1-4H3,(H,25,29)/t21-,22-/m0/s1. The van der Waals surface area contributed by atoms with Gasteiger partial charge < -0.3 is 19.5 Å². The summed E-state index contributed by atoms with van der Waals surface area (Å²) < 4.78 is 7.68. The second-order valence-electron chi connectivity index (χ2n) is 7.27. The van der Waals surface area contributed by atoms with Crippen LogP contribution in [0, 0.1) is 13.8 Å². The number of benzene rings is 1. The third kappa shape index (κ3) is 3.38. The highest BCUT2D eigenvalue weighted by Gasteiger charge is 2.42. The smallest absolute Gasteiger partial charge is 0.174 e. The number of aromatic nitrogens is 2. The molecule has 5 nitrogen and oxygen atoms in total. The Balaban J connectivity index is 1.85. The minimum atomic E-state index is -0.0309. The summed E-state index contributed by atoms with van der Waals surface area (Å²) in [5.41, 5.74) is 5.81. The molecule has 2 aromatic heterocycles. The van der Waals surface area contributed by atoms with Gasteiger partial charge in [0.2, 0.25) is 0 Å². The van der Waals surface area contributed by atoms with Gasteiger partial charge in [0.1, 0.15) is 5.75 Å². The van der Waals surface area contributed by atoms with Crippen LogP contribution in [-0.4, -0.2) is 21.8 Å². The van der Waals surface area contributed by atoms with Crippen molar-refractivity contribution in [3.05, 3.63) is 77.4 Å². The van der Waals surface area contributed by atoms with Gasteiger partial charge >= 0.3 is 0 Å². The van der Waals surface area contributed by atoms with Crippen molar-refractivity contribution in [1.82, 2.24) is 14.9 Å². The molecule has 2 atom stereocenters. The van der Waals surface area contributed by atoms with E-state index in [2.05, 4.69) is 64.8 Å². The molecule has 1 fully saturated rings. The minimum absolute atomic E-state index is 0.0114. The van der Waals surface area contributed by atoms with Gasteiger partial charge in [-0.15, -0.1) is 0 Å². The zero-order valence-corrected chi connectivity index (χ0v) is 18.0. The number of nitrogens with zero attached hydrogens (tertiary/aromatic N) is 3. The summed E-state index contributed by atoms with van der Waals surface area (Å²) >= 11 is 5.80. The molecule has 0 aliphatic carbocycles. The van der Waals surface area contributed by atoms with E-state index in [0.717, 1.165) is 23.7 Å². The Hall–Kier alpha value is -2.86. The first-order valence-electron chi connectivity index (χ1n) is 9.86. The van der Waals surface area contributed by atoms with E-state index in [0.29, 0.717) is 5.11 Å². The third-order valence-corrected chi connectivity index (χ3v) is 6.01. The van der Waals surface area contributed by atoms with Crippen molar-refractivity contribution in [2.45, 2.75) is 39.4 Å². The van der Waals surface area contributed by atoms with Crippen molar-refractivity contribution in [3.63, 3.8) is 0 Å². The van der Waals surface area contributed by atoms with E-state index in [1.54, 1.807) is 7.11 Å². The molecular weight excluding hydrogens is 380 g/mol. The van der Waals surface area contributed by atoms with Crippen LogP contribution in [0.4, 0.5) is 5.69 Å². The van der Waals surface area contributed by atoms with Gasteiger partial charge in [-0.2, -0.15) is 0 Å². The van der Waals surface area contributed by atoms with Crippen molar-refractivity contribution >= 4 is 23.0 Å². The van der Waals surface area contributed by atoms with E-state index < -0.39 is 0 Å². The SMILES string of the molecule is CCn1c(C)cc([C@H]2[C@H](c3ccccn3)NC(=S)N2c2ccc(OC)cc2)c1C. The van der Waals surface area contributed by atoms with Gasteiger partial charge in [-0.1, -0.05) is 6.07 Å². The molecular formula is C23H26N4OS. The quantitative estimate of drug-likeness (QED) is 0.622. The lowest BCUT2D eigenvalue weighted by Crippen LogP contribution is -2.29. The van der Waals surface area contributed by atoms with Gasteiger partial charge in [0.25, 0.3) is 0 Å². The van der Waals surface area contributed by atoms with Crippen LogP contribution in [0.25, 0.3) is 0 Å². The van der Waals surface area contributed by atoms with Crippen LogP contribution in [0.1, 0.15) is 41.7 Å². The Morgan fingerprint density at radius 1 is 1.14 bits per heavy atom. The van der Waals surface area contributed by atoms with Gasteiger partial charge in [0.05, 0.1) is 24.9 Å². The molecule has 3 heterocycles. The van der Waals surface area contributed by atoms with Crippen LogP contribution < -0.4 is 15.0 Å². The number of nitrogens with one attached hydrogen (secondary N) is 1. The van der Waals surface area contributed by atoms with Crippen LogP contribution in [0.3, 0.4) is 0 Å². The second kappa shape index (κ2) is 7.87. The molecule has 1 aliphatic heterocycles. The molecule has 0 amide bonds. The van der Waals surface area contributed by atoms with Crippen molar-refractivity contribution < 1.29 is 4.74 Å². The zero-order valence-electron chi connectivity index (χ0n) is 17.2. The Morgan fingerprint density at radius 2 is 1.90 bits per heavy atom. The lowest BCUT2D eigenvalue weighted by atomic mass is 9.96. The molecule has 0 unspecified atom stereocenters. The minimum Gasteiger partial charge on any atom is -0.497 e. The average molecular weight is 407 g/mol. The summed E-state index contributed by atoms with van der Waals surface area (Å²) in [4.78, 5) is 6.83. The van der Waals surface area contributed by atoms with Crippen LogP contribution in [-0.2, 0) is 6.54 Å². The Morgan fingerprint density at radius 3 is 2.48 bits per heavy atom. The molecule has 6 heteroatoms. The maximum atomic E-state index is 5.80. The molecule has 150 valence electrons. The summed E-state index contributed by atoms with van der Waals surface area (Å²) in [5.74, 6) is 0.828. The maximum absolute atomic E-state index is 5.80. The number of aryl methyl sites for hydroxylation is 1. The molecule has 3 aromatic rings. The predicted molar refractivity (Wildman–Crippen MR) is 121 cm³/mol. The summed E-state index contributed by atoms with van der Waals surface area (Å²) in [5, 5.41) is 4.23. The van der Waals surface area contributed by atoms with Crippen LogP contribution in [0.2, 0.25) is 0 Å². The number of methoxy groups -OCH3 is 1. The van der Waals surface area contributed by atoms with E-state index >= 15 is 0 Å². The predicted octanol–water partition coefficient (Wildman–Crippen LogP) is 4.71. The number of anilines is 1. The Bertz CT molecular complexity index is 1010. The summed E-state index contributed by atoms with van der Waals surface area (Å²) in [6.07, 6.45) is 1.84. The molecule has 4 rings (SSSR count). The van der Waals surface area contributed by atoms with Gasteiger partial charge in [-0.25, -0.2) is 0 Å². The lowest BCUT2D eigenvalue weighted by molar-refractivity contribution is 0.415. The summed E-state index contributed by atoms with van der Waals surface area (Å²) in [7, 11) is 1.68. The van der Waals surface area contributed by atoms with Crippen molar-refractivity contribution in [1.29, 1.82) is 0 Å². The first-order valence-corrected chi connectivity index (χ1v) is 10.3. The molecule has 1 N–H and O–H groups in total. The fourth-order valence-corrected chi connectivity index (χ4v) is 4.65. The van der Waals surface area contributed by atoms with Crippen molar-refractivity contribution in [2.75, 3.05) is 12.0 Å². The molecule has 1 aliphatic rings. The number of hydrogen-bond donors (Lipinski definition) is 1. The van der Waals surface area contributed by atoms with Crippen molar-refractivity contribution in [2.24, 2.45) is 0 Å². The van der Waals surface area contributed by atoms with Gasteiger partial charge in [0.15, 0.2) is 5.11 Å². The van der Waals surface area contributed by atoms with Crippen LogP contribution in [0.15, 0.2) is 54.7 Å². The monoisotopic (exact) mass is 406 g/mol. The fraction of sp³-hybridized carbons (Fsp3) is 0.304. The molecule has 0 bridgehead atoms. The van der Waals surface area contributed by atoms with Crippen LogP contribution >= 0.6 is 12.2 Å². The first-order chi connectivity index (χ1) is 14.0. The molecule has 1 aromatic carbocycles. The Labute approximate surface area is 177 Å². The normalized spacial score (nSPS) is 18.8. The van der Waals surface area contributed by atoms with E-state index in [-0.39, 0.29) is 12.1 Å². The summed E-state index contributed by atoms with van der Waals surface area (Å²) in [6, 6.07) is 16.3. The molecule has 0 saturated carbocycles. The fourth-order valence-electron chi connectivity index (χ4n) is 4.31. The lowest BCUT2D eigenvalue weighted by Gasteiger charge is -2.28. The summed E-state index contributed by atoms with van der Waals surface area (Å²) in [6.45, 7) is 7.47. The second-order valence-corrected chi connectivity index (χ2v) is 7.65. The highest BCUT2D eigenvalue weighted by Crippen LogP contribution is 2.43.